The number of rotatable bonds is 8. The largest absolute Gasteiger partial charge is 0.493 e. The van der Waals surface area contributed by atoms with Gasteiger partial charge in [0, 0.05) is 11.1 Å². The second kappa shape index (κ2) is 11.0. The molecule has 1 aliphatic heterocycles. The number of thioether (sulfide) groups is 1. The molecule has 3 aromatic carbocycles. The molecular weight excluding hydrogens is 476 g/mol. The van der Waals surface area contributed by atoms with Crippen LogP contribution in [0.1, 0.15) is 22.3 Å². The fourth-order valence-electron chi connectivity index (χ4n) is 3.71. The first-order chi connectivity index (χ1) is 17.0. The first-order valence-electron chi connectivity index (χ1n) is 10.8. The van der Waals surface area contributed by atoms with E-state index in [-0.39, 0.29) is 12.5 Å². The van der Waals surface area contributed by atoms with Gasteiger partial charge < -0.3 is 9.47 Å². The molecule has 7 heteroatoms. The van der Waals surface area contributed by atoms with E-state index in [9.17, 15) is 10.1 Å². The van der Waals surface area contributed by atoms with Gasteiger partial charge in [-0.15, -0.1) is 6.58 Å². The van der Waals surface area contributed by atoms with Gasteiger partial charge in [-0.25, -0.2) is 0 Å². The Bertz CT molecular complexity index is 1360. The zero-order valence-corrected chi connectivity index (χ0v) is 20.7. The number of carbonyl (C=O) groups is 1. The minimum Gasteiger partial charge on any atom is -0.493 e. The number of carbonyl (C=O) groups excluding carboxylic acids is 1. The number of hydrogen-bond acceptors (Lipinski definition) is 6. The molecule has 0 unspecified atom stereocenters. The number of benzene rings is 3. The molecule has 1 amide bonds. The zero-order chi connectivity index (χ0) is 24.8. The number of amides is 1. The van der Waals surface area contributed by atoms with Crippen LogP contribution in [0, 0.1) is 11.3 Å². The van der Waals surface area contributed by atoms with E-state index in [1.165, 1.54) is 16.7 Å². The standard InChI is InChI=1S/C28H22N2O3S2/c1-3-9-20-14-19(16-25-27(31)30(28(34)35-25)23-12-5-4-6-13-23)15-24(32-2)26(20)33-18-22-11-8-7-10-21(22)17-29/h3-8,10-16H,1,9,18H2,2H3/b25-16+. The molecule has 5 nitrogen and oxygen atoms in total. The highest BCUT2D eigenvalue weighted by molar-refractivity contribution is 8.27. The van der Waals surface area contributed by atoms with Gasteiger partial charge in [0.2, 0.25) is 0 Å². The highest BCUT2D eigenvalue weighted by Gasteiger charge is 2.33. The van der Waals surface area contributed by atoms with Crippen LogP contribution in [0.3, 0.4) is 0 Å². The topological polar surface area (TPSA) is 62.6 Å². The minimum absolute atomic E-state index is 0.163. The molecule has 0 atom stereocenters. The Morgan fingerprint density at radius 3 is 2.57 bits per heavy atom. The second-order valence-corrected chi connectivity index (χ2v) is 9.29. The third-order valence-electron chi connectivity index (χ3n) is 5.35. The number of anilines is 1. The van der Waals surface area contributed by atoms with Crippen molar-refractivity contribution in [2.45, 2.75) is 13.0 Å². The van der Waals surface area contributed by atoms with Gasteiger partial charge in [0.25, 0.3) is 5.91 Å². The van der Waals surface area contributed by atoms with Crippen LogP contribution in [0.4, 0.5) is 5.69 Å². The monoisotopic (exact) mass is 498 g/mol. The molecule has 0 N–H and O–H groups in total. The fraction of sp³-hybridized carbons (Fsp3) is 0.107. The summed E-state index contributed by atoms with van der Waals surface area (Å²) in [6.45, 7) is 4.08. The number of nitrogens with zero attached hydrogens (tertiary/aromatic N) is 2. The number of para-hydroxylation sites is 1. The van der Waals surface area contributed by atoms with E-state index in [4.69, 9.17) is 21.7 Å². The number of thiocarbonyl (C=S) groups is 1. The van der Waals surface area contributed by atoms with Crippen LogP contribution in [0.15, 0.2) is 84.3 Å². The van der Waals surface area contributed by atoms with E-state index >= 15 is 0 Å². The Kier molecular flexibility index (Phi) is 7.66. The molecule has 0 aliphatic carbocycles. The molecule has 1 aliphatic rings. The van der Waals surface area contributed by atoms with Crippen LogP contribution in [-0.2, 0) is 17.8 Å². The van der Waals surface area contributed by atoms with E-state index < -0.39 is 0 Å². The van der Waals surface area contributed by atoms with E-state index in [0.717, 1.165) is 22.4 Å². The Hall–Kier alpha value is -3.86. The molecule has 0 spiro atoms. The lowest BCUT2D eigenvalue weighted by Gasteiger charge is -2.16. The first kappa shape index (κ1) is 24.3. The SMILES string of the molecule is C=CCc1cc(/C=C2/SC(=S)N(c3ccccc3)C2=O)cc(OC)c1OCc1ccccc1C#N. The van der Waals surface area contributed by atoms with Crippen molar-refractivity contribution in [1.82, 2.24) is 0 Å². The van der Waals surface area contributed by atoms with Gasteiger partial charge in [-0.2, -0.15) is 5.26 Å². The zero-order valence-electron chi connectivity index (χ0n) is 19.1. The number of allylic oxidation sites excluding steroid dienone is 1. The lowest BCUT2D eigenvalue weighted by atomic mass is 10.0. The van der Waals surface area contributed by atoms with Crippen LogP contribution >= 0.6 is 24.0 Å². The average molecular weight is 499 g/mol. The molecule has 35 heavy (non-hydrogen) atoms. The molecule has 0 aromatic heterocycles. The molecule has 0 bridgehead atoms. The van der Waals surface area contributed by atoms with Crippen molar-refractivity contribution in [2.24, 2.45) is 0 Å². The van der Waals surface area contributed by atoms with Gasteiger partial charge in [-0.1, -0.05) is 66.5 Å². The van der Waals surface area contributed by atoms with Crippen molar-refractivity contribution in [3.8, 4) is 17.6 Å². The summed E-state index contributed by atoms with van der Waals surface area (Å²) >= 11 is 6.74. The summed E-state index contributed by atoms with van der Waals surface area (Å²) in [5.41, 5.74) is 3.74. The highest BCUT2D eigenvalue weighted by Crippen LogP contribution is 2.39. The molecule has 1 saturated heterocycles. The summed E-state index contributed by atoms with van der Waals surface area (Å²) in [7, 11) is 1.57. The Balaban J connectivity index is 1.66. The van der Waals surface area contributed by atoms with E-state index in [1.54, 1.807) is 19.3 Å². The second-order valence-electron chi connectivity index (χ2n) is 7.61. The number of hydrogen-bond donors (Lipinski definition) is 0. The number of nitriles is 1. The van der Waals surface area contributed by atoms with Gasteiger partial charge in [0.05, 0.1) is 29.3 Å². The van der Waals surface area contributed by atoms with Gasteiger partial charge >= 0.3 is 0 Å². The Morgan fingerprint density at radius 1 is 1.11 bits per heavy atom. The maximum Gasteiger partial charge on any atom is 0.270 e. The summed E-state index contributed by atoms with van der Waals surface area (Å²) in [6, 6.07) is 22.6. The summed E-state index contributed by atoms with van der Waals surface area (Å²) in [5, 5.41) is 9.37. The van der Waals surface area contributed by atoms with Crippen molar-refractivity contribution < 1.29 is 14.3 Å². The molecule has 4 rings (SSSR count). The van der Waals surface area contributed by atoms with Gasteiger partial charge in [-0.05, 0) is 48.4 Å². The number of methoxy groups -OCH3 is 1. The summed E-state index contributed by atoms with van der Waals surface area (Å²) in [6.07, 6.45) is 4.13. The molecule has 0 saturated carbocycles. The predicted molar refractivity (Wildman–Crippen MR) is 144 cm³/mol. The lowest BCUT2D eigenvalue weighted by Crippen LogP contribution is -2.27. The fourth-order valence-corrected chi connectivity index (χ4v) is 5.01. The van der Waals surface area contributed by atoms with Crippen LogP contribution in [-0.4, -0.2) is 17.3 Å². The van der Waals surface area contributed by atoms with Crippen molar-refractivity contribution in [3.63, 3.8) is 0 Å². The predicted octanol–water partition coefficient (Wildman–Crippen LogP) is 6.28. The van der Waals surface area contributed by atoms with Crippen LogP contribution in [0.2, 0.25) is 0 Å². The third kappa shape index (κ3) is 5.29. The number of ether oxygens (including phenoxy) is 2. The molecular formula is C28H22N2O3S2. The Labute approximate surface area is 214 Å². The summed E-state index contributed by atoms with van der Waals surface area (Å²) < 4.78 is 12.3. The van der Waals surface area contributed by atoms with Crippen LogP contribution < -0.4 is 14.4 Å². The van der Waals surface area contributed by atoms with Crippen LogP contribution in [0.5, 0.6) is 11.5 Å². The lowest BCUT2D eigenvalue weighted by molar-refractivity contribution is -0.113. The molecule has 3 aromatic rings. The van der Waals surface area contributed by atoms with Gasteiger partial charge in [0.1, 0.15) is 6.61 Å². The smallest absolute Gasteiger partial charge is 0.270 e. The summed E-state index contributed by atoms with van der Waals surface area (Å²) in [4.78, 5) is 15.2. The van der Waals surface area contributed by atoms with Gasteiger partial charge in [0.15, 0.2) is 15.8 Å². The van der Waals surface area contributed by atoms with Crippen molar-refractivity contribution >= 4 is 46.0 Å². The van der Waals surface area contributed by atoms with Crippen molar-refractivity contribution in [1.29, 1.82) is 5.26 Å². The quantitative estimate of drug-likeness (QED) is 0.207. The highest BCUT2D eigenvalue weighted by atomic mass is 32.2. The minimum atomic E-state index is -0.163. The maximum atomic E-state index is 13.1. The normalized spacial score (nSPS) is 14.2. The molecule has 0 radical (unpaired) electrons. The average Bonchev–Trinajstić information content (AvgIpc) is 3.16. The van der Waals surface area contributed by atoms with Crippen LogP contribution in [0.25, 0.3) is 6.08 Å². The van der Waals surface area contributed by atoms with E-state index in [1.807, 2.05) is 66.7 Å². The molecule has 1 fully saturated rings. The van der Waals surface area contributed by atoms with Crippen molar-refractivity contribution in [2.75, 3.05) is 12.0 Å². The first-order valence-corrected chi connectivity index (χ1v) is 12.0. The van der Waals surface area contributed by atoms with E-state index in [0.29, 0.717) is 32.7 Å². The van der Waals surface area contributed by atoms with Gasteiger partial charge in [-0.3, -0.25) is 9.69 Å². The van der Waals surface area contributed by atoms with Crippen molar-refractivity contribution in [3.05, 3.63) is 107 Å². The molecule has 174 valence electrons. The molecule has 1 heterocycles. The summed E-state index contributed by atoms with van der Waals surface area (Å²) in [5.74, 6) is 0.946. The maximum absolute atomic E-state index is 13.1. The third-order valence-corrected chi connectivity index (χ3v) is 6.66. The van der Waals surface area contributed by atoms with E-state index in [2.05, 4.69) is 12.6 Å². The Morgan fingerprint density at radius 2 is 1.86 bits per heavy atom.